The van der Waals surface area contributed by atoms with Gasteiger partial charge in [0.25, 0.3) is 5.92 Å². The highest BCUT2D eigenvalue weighted by atomic mass is 19.3. The van der Waals surface area contributed by atoms with Crippen molar-refractivity contribution in [2.45, 2.75) is 31.2 Å². The molecule has 2 aliphatic heterocycles. The lowest BCUT2D eigenvalue weighted by atomic mass is 9.92. The molecule has 0 saturated carbocycles. The quantitative estimate of drug-likeness (QED) is 0.829. The molecule has 1 aromatic heterocycles. The molecule has 1 N–H and O–H groups in total. The van der Waals surface area contributed by atoms with Gasteiger partial charge in [0.15, 0.2) is 0 Å². The Morgan fingerprint density at radius 1 is 1.23 bits per heavy atom. The first-order valence-electron chi connectivity index (χ1n) is 10.1. The molecule has 1 amide bonds. The molecule has 7 nitrogen and oxygen atoms in total. The molecule has 0 spiro atoms. The van der Waals surface area contributed by atoms with Gasteiger partial charge in [-0.1, -0.05) is 0 Å². The number of amides is 1. The van der Waals surface area contributed by atoms with E-state index in [0.717, 1.165) is 25.9 Å². The number of fused-ring (bicyclic) bond motifs is 1. The Bertz CT molecular complexity index is 983. The average Bonchev–Trinajstić information content (AvgIpc) is 2.73. The van der Waals surface area contributed by atoms with Gasteiger partial charge in [0, 0.05) is 31.4 Å². The smallest absolute Gasteiger partial charge is 0.266 e. The van der Waals surface area contributed by atoms with Crippen LogP contribution >= 0.6 is 0 Å². The summed E-state index contributed by atoms with van der Waals surface area (Å²) in [4.78, 5) is 25.0. The third kappa shape index (κ3) is 4.19. The maximum atomic E-state index is 14.6. The summed E-state index contributed by atoms with van der Waals surface area (Å²) in [7, 11) is 2.03. The number of nitrogens with zero attached hydrogens (tertiary/aromatic N) is 5. The first-order chi connectivity index (χ1) is 14.4. The molecule has 0 bridgehead atoms. The molecule has 2 saturated heterocycles. The van der Waals surface area contributed by atoms with Gasteiger partial charge < -0.3 is 15.1 Å². The summed E-state index contributed by atoms with van der Waals surface area (Å²) in [6, 6.07) is 5.26. The van der Waals surface area contributed by atoms with E-state index in [-0.39, 0.29) is 18.5 Å². The monoisotopic (exact) mass is 414 g/mol. The predicted octanol–water partition coefficient (Wildman–Crippen LogP) is 2.17. The van der Waals surface area contributed by atoms with Crippen molar-refractivity contribution in [1.82, 2.24) is 20.2 Å². The summed E-state index contributed by atoms with van der Waals surface area (Å²) in [6.45, 7) is 1.44. The number of likely N-dealkylation sites (tertiary alicyclic amines) is 1. The number of hydrogen-bond donors (Lipinski definition) is 1. The van der Waals surface area contributed by atoms with Gasteiger partial charge in [0.2, 0.25) is 5.91 Å². The molecule has 158 valence electrons. The SMILES string of the molecule is CN1CCC(NC(=O)C2CN(c3ccc(C#N)c4nccnc34)CC(F)(F)C2)CC1. The van der Waals surface area contributed by atoms with E-state index in [0.29, 0.717) is 22.3 Å². The van der Waals surface area contributed by atoms with Gasteiger partial charge in [-0.25, -0.2) is 8.78 Å². The molecule has 0 radical (unpaired) electrons. The van der Waals surface area contributed by atoms with Gasteiger partial charge >= 0.3 is 0 Å². The summed E-state index contributed by atoms with van der Waals surface area (Å²) in [5.74, 6) is -4.15. The molecule has 1 aromatic carbocycles. The van der Waals surface area contributed by atoms with Crippen molar-refractivity contribution in [2.75, 3.05) is 38.1 Å². The summed E-state index contributed by atoms with van der Waals surface area (Å²) in [5, 5.41) is 12.3. The standard InChI is InChI=1S/C21H24F2N6O/c1-28-8-4-16(5-9-28)27-20(30)15-10-21(22,23)13-29(12-15)17-3-2-14(11-24)18-19(17)26-7-6-25-18/h2-3,6-7,15-16H,4-5,8-10,12-13H2,1H3,(H,27,30). The number of rotatable bonds is 3. The highest BCUT2D eigenvalue weighted by molar-refractivity contribution is 5.92. The van der Waals surface area contributed by atoms with Gasteiger partial charge in [-0.3, -0.25) is 14.8 Å². The van der Waals surface area contributed by atoms with E-state index in [9.17, 15) is 18.8 Å². The van der Waals surface area contributed by atoms with Crippen molar-refractivity contribution >= 4 is 22.6 Å². The number of hydrogen-bond acceptors (Lipinski definition) is 6. The van der Waals surface area contributed by atoms with Crippen LogP contribution in [0.5, 0.6) is 0 Å². The fourth-order valence-corrected chi connectivity index (χ4v) is 4.32. The molecule has 30 heavy (non-hydrogen) atoms. The minimum absolute atomic E-state index is 0.0271. The molecule has 4 rings (SSSR count). The van der Waals surface area contributed by atoms with Crippen LogP contribution in [0.1, 0.15) is 24.8 Å². The first-order valence-corrected chi connectivity index (χ1v) is 10.1. The summed E-state index contributed by atoms with van der Waals surface area (Å²) >= 11 is 0. The lowest BCUT2D eigenvalue weighted by Crippen LogP contribution is -2.53. The molecule has 2 fully saturated rings. The van der Waals surface area contributed by atoms with Gasteiger partial charge in [-0.15, -0.1) is 0 Å². The zero-order valence-electron chi connectivity index (χ0n) is 16.8. The molecule has 1 atom stereocenters. The number of aromatic nitrogens is 2. The Kier molecular flexibility index (Phi) is 5.52. The van der Waals surface area contributed by atoms with Gasteiger partial charge in [0.05, 0.1) is 23.7 Å². The molecule has 2 aliphatic rings. The Balaban J connectivity index is 1.57. The van der Waals surface area contributed by atoms with Gasteiger partial charge in [0.1, 0.15) is 17.1 Å². The van der Waals surface area contributed by atoms with Crippen LogP contribution in [0, 0.1) is 17.2 Å². The van der Waals surface area contributed by atoms with Crippen LogP contribution in [0.25, 0.3) is 11.0 Å². The van der Waals surface area contributed by atoms with Crippen LogP contribution in [0.3, 0.4) is 0 Å². The van der Waals surface area contributed by atoms with Crippen molar-refractivity contribution in [3.63, 3.8) is 0 Å². The van der Waals surface area contributed by atoms with Crippen LogP contribution in [-0.4, -0.2) is 66.0 Å². The van der Waals surface area contributed by atoms with Crippen molar-refractivity contribution in [3.05, 3.63) is 30.1 Å². The third-order valence-electron chi connectivity index (χ3n) is 5.91. The zero-order chi connectivity index (χ0) is 21.3. The number of anilines is 1. The summed E-state index contributed by atoms with van der Waals surface area (Å²) < 4.78 is 29.2. The van der Waals surface area contributed by atoms with E-state index in [1.165, 1.54) is 17.3 Å². The van der Waals surface area contributed by atoms with E-state index < -0.39 is 24.8 Å². The first kappa shape index (κ1) is 20.4. The maximum Gasteiger partial charge on any atom is 0.266 e. The summed E-state index contributed by atoms with van der Waals surface area (Å²) in [5.41, 5.74) is 1.57. The lowest BCUT2D eigenvalue weighted by molar-refractivity contribution is -0.130. The van der Waals surface area contributed by atoms with Gasteiger partial charge in [-0.2, -0.15) is 5.26 Å². The Morgan fingerprint density at radius 3 is 2.63 bits per heavy atom. The molecule has 1 unspecified atom stereocenters. The molecule has 9 heteroatoms. The highest BCUT2D eigenvalue weighted by Gasteiger charge is 2.44. The van der Waals surface area contributed by atoms with E-state index in [1.54, 1.807) is 12.1 Å². The van der Waals surface area contributed by atoms with Crippen LogP contribution in [-0.2, 0) is 4.79 Å². The molecular weight excluding hydrogens is 390 g/mol. The number of halogens is 2. The second-order valence-corrected chi connectivity index (χ2v) is 8.22. The van der Waals surface area contributed by atoms with Crippen molar-refractivity contribution in [1.29, 1.82) is 5.26 Å². The zero-order valence-corrected chi connectivity index (χ0v) is 16.8. The van der Waals surface area contributed by atoms with Crippen LogP contribution < -0.4 is 10.2 Å². The van der Waals surface area contributed by atoms with Crippen LogP contribution in [0.15, 0.2) is 24.5 Å². The molecule has 0 aliphatic carbocycles. The van der Waals surface area contributed by atoms with E-state index in [1.807, 2.05) is 7.05 Å². The normalized spacial score (nSPS) is 22.6. The minimum atomic E-state index is -3.00. The van der Waals surface area contributed by atoms with Crippen molar-refractivity contribution < 1.29 is 13.6 Å². The van der Waals surface area contributed by atoms with Crippen LogP contribution in [0.4, 0.5) is 14.5 Å². The lowest BCUT2D eigenvalue weighted by Gasteiger charge is -2.39. The van der Waals surface area contributed by atoms with Crippen molar-refractivity contribution in [3.8, 4) is 6.07 Å². The number of piperidine rings is 2. The second-order valence-electron chi connectivity index (χ2n) is 8.22. The Labute approximate surface area is 173 Å². The molecule has 3 heterocycles. The Hall–Kier alpha value is -2.86. The number of nitriles is 1. The fraction of sp³-hybridized carbons (Fsp3) is 0.524. The van der Waals surface area contributed by atoms with E-state index in [4.69, 9.17) is 0 Å². The number of carbonyl (C=O) groups excluding carboxylic acids is 1. The molecular formula is C21H24F2N6O. The summed E-state index contributed by atoms with van der Waals surface area (Å²) in [6.07, 6.45) is 4.12. The maximum absolute atomic E-state index is 14.6. The number of alkyl halides is 2. The predicted molar refractivity (Wildman–Crippen MR) is 108 cm³/mol. The number of carbonyl (C=O) groups is 1. The highest BCUT2D eigenvalue weighted by Crippen LogP contribution is 2.36. The van der Waals surface area contributed by atoms with Crippen molar-refractivity contribution in [2.24, 2.45) is 5.92 Å². The van der Waals surface area contributed by atoms with E-state index in [2.05, 4.69) is 26.3 Å². The van der Waals surface area contributed by atoms with Gasteiger partial charge in [-0.05, 0) is 45.1 Å². The third-order valence-corrected chi connectivity index (χ3v) is 5.91. The fourth-order valence-electron chi connectivity index (χ4n) is 4.32. The second kappa shape index (κ2) is 8.11. The number of nitrogens with one attached hydrogen (secondary N) is 1. The average molecular weight is 414 g/mol. The van der Waals surface area contributed by atoms with E-state index >= 15 is 0 Å². The largest absolute Gasteiger partial charge is 0.363 e. The minimum Gasteiger partial charge on any atom is -0.363 e. The topological polar surface area (TPSA) is 85.2 Å². The van der Waals surface area contributed by atoms with Crippen LogP contribution in [0.2, 0.25) is 0 Å². The Morgan fingerprint density at radius 2 is 1.93 bits per heavy atom. The molecule has 2 aromatic rings. The number of benzene rings is 1.